The SMILES string of the molecule is CCC(=O)C(Br)(Br)C(=O)c1ccccc1. The van der Waals surface area contributed by atoms with E-state index in [2.05, 4.69) is 31.9 Å². The van der Waals surface area contributed by atoms with Crippen molar-refractivity contribution in [2.24, 2.45) is 0 Å². The van der Waals surface area contributed by atoms with Gasteiger partial charge in [-0.05, 0) is 0 Å². The van der Waals surface area contributed by atoms with Gasteiger partial charge in [0.05, 0.1) is 0 Å². The monoisotopic (exact) mass is 332 g/mol. The van der Waals surface area contributed by atoms with Crippen molar-refractivity contribution in [2.45, 2.75) is 16.6 Å². The van der Waals surface area contributed by atoms with Crippen molar-refractivity contribution in [1.29, 1.82) is 0 Å². The Kier molecular flexibility index (Phi) is 4.22. The predicted molar refractivity (Wildman–Crippen MR) is 66.7 cm³/mol. The van der Waals surface area contributed by atoms with Gasteiger partial charge in [0.2, 0.25) is 3.23 Å². The Morgan fingerprint density at radius 1 is 1.20 bits per heavy atom. The quantitative estimate of drug-likeness (QED) is 0.481. The number of ketones is 2. The molecule has 0 aliphatic rings. The molecule has 0 saturated carbocycles. The zero-order valence-electron chi connectivity index (χ0n) is 8.17. The number of Topliss-reactive ketones (excluding diaryl/α,β-unsaturated/α-hetero) is 2. The molecule has 0 bridgehead atoms. The number of halogens is 2. The second-order valence-corrected chi connectivity index (χ2v) is 6.49. The zero-order valence-corrected chi connectivity index (χ0v) is 11.3. The van der Waals surface area contributed by atoms with E-state index in [0.29, 0.717) is 12.0 Å². The molecule has 0 N–H and O–H groups in total. The maximum absolute atomic E-state index is 12.0. The highest BCUT2D eigenvalue weighted by Crippen LogP contribution is 2.32. The van der Waals surface area contributed by atoms with Gasteiger partial charge >= 0.3 is 0 Å². The molecule has 15 heavy (non-hydrogen) atoms. The third-order valence-corrected chi connectivity index (χ3v) is 3.60. The molecule has 0 fully saturated rings. The van der Waals surface area contributed by atoms with E-state index in [0.717, 1.165) is 0 Å². The van der Waals surface area contributed by atoms with E-state index in [9.17, 15) is 9.59 Å². The van der Waals surface area contributed by atoms with Crippen LogP contribution in [-0.2, 0) is 4.79 Å². The molecule has 0 atom stereocenters. The second-order valence-electron chi connectivity index (χ2n) is 3.05. The van der Waals surface area contributed by atoms with E-state index in [-0.39, 0.29) is 11.6 Å². The lowest BCUT2D eigenvalue weighted by molar-refractivity contribution is -0.117. The number of benzene rings is 1. The van der Waals surface area contributed by atoms with Gasteiger partial charge < -0.3 is 0 Å². The molecular weight excluding hydrogens is 324 g/mol. The van der Waals surface area contributed by atoms with Crippen LogP contribution in [0.4, 0.5) is 0 Å². The number of hydrogen-bond donors (Lipinski definition) is 0. The highest BCUT2D eigenvalue weighted by atomic mass is 79.9. The summed E-state index contributed by atoms with van der Waals surface area (Å²) < 4.78 is -1.28. The van der Waals surface area contributed by atoms with Crippen LogP contribution in [0.2, 0.25) is 0 Å². The molecule has 0 saturated heterocycles. The van der Waals surface area contributed by atoms with Crippen molar-refractivity contribution in [3.63, 3.8) is 0 Å². The smallest absolute Gasteiger partial charge is 0.200 e. The maximum atomic E-state index is 12.0. The van der Waals surface area contributed by atoms with Crippen LogP contribution in [0.5, 0.6) is 0 Å². The molecule has 80 valence electrons. The normalized spacial score (nSPS) is 11.1. The summed E-state index contributed by atoms with van der Waals surface area (Å²) in [4.78, 5) is 23.5. The molecule has 1 aromatic carbocycles. The van der Waals surface area contributed by atoms with E-state index in [4.69, 9.17) is 0 Å². The first-order valence-electron chi connectivity index (χ1n) is 4.51. The number of alkyl halides is 2. The standard InChI is InChI=1S/C11H10Br2O2/c1-2-9(14)11(12,13)10(15)8-6-4-3-5-7-8/h3-7H,2H2,1H3. The van der Waals surface area contributed by atoms with Crippen molar-refractivity contribution in [1.82, 2.24) is 0 Å². The Morgan fingerprint density at radius 3 is 2.20 bits per heavy atom. The van der Waals surface area contributed by atoms with Gasteiger partial charge in [-0.3, -0.25) is 9.59 Å². The highest BCUT2D eigenvalue weighted by molar-refractivity contribution is 9.26. The minimum Gasteiger partial charge on any atom is -0.297 e. The Labute approximate surface area is 105 Å². The lowest BCUT2D eigenvalue weighted by Crippen LogP contribution is -2.34. The molecule has 0 amide bonds. The van der Waals surface area contributed by atoms with Crippen LogP contribution in [0.15, 0.2) is 30.3 Å². The van der Waals surface area contributed by atoms with E-state index >= 15 is 0 Å². The first-order chi connectivity index (χ1) is 7.00. The van der Waals surface area contributed by atoms with Crippen molar-refractivity contribution in [3.05, 3.63) is 35.9 Å². The molecule has 0 aromatic heterocycles. The van der Waals surface area contributed by atoms with Gasteiger partial charge in [0.25, 0.3) is 0 Å². The van der Waals surface area contributed by atoms with Crippen LogP contribution >= 0.6 is 31.9 Å². The third kappa shape index (κ3) is 2.75. The summed E-state index contributed by atoms with van der Waals surface area (Å²) in [6.07, 6.45) is 0.301. The molecule has 0 unspecified atom stereocenters. The topological polar surface area (TPSA) is 34.1 Å². The summed E-state index contributed by atoms with van der Waals surface area (Å²) in [5.74, 6) is -0.452. The van der Waals surface area contributed by atoms with Crippen molar-refractivity contribution < 1.29 is 9.59 Å². The molecule has 1 aromatic rings. The van der Waals surface area contributed by atoms with Crippen LogP contribution in [0, 0.1) is 0 Å². The van der Waals surface area contributed by atoms with Gasteiger partial charge in [-0.15, -0.1) is 0 Å². The fraction of sp³-hybridized carbons (Fsp3) is 0.273. The molecule has 2 nitrogen and oxygen atoms in total. The van der Waals surface area contributed by atoms with Crippen LogP contribution in [0.1, 0.15) is 23.7 Å². The van der Waals surface area contributed by atoms with Gasteiger partial charge in [-0.25, -0.2) is 0 Å². The number of rotatable bonds is 4. The van der Waals surface area contributed by atoms with Gasteiger partial charge in [0.1, 0.15) is 0 Å². The van der Waals surface area contributed by atoms with Crippen LogP contribution in [0.3, 0.4) is 0 Å². The highest BCUT2D eigenvalue weighted by Gasteiger charge is 2.39. The first-order valence-corrected chi connectivity index (χ1v) is 6.09. The maximum Gasteiger partial charge on any atom is 0.200 e. The molecule has 0 radical (unpaired) electrons. The Hall–Kier alpha value is -0.480. The van der Waals surface area contributed by atoms with Crippen molar-refractivity contribution in [2.75, 3.05) is 0 Å². The van der Waals surface area contributed by atoms with E-state index in [1.54, 1.807) is 31.2 Å². The molecular formula is C11H10Br2O2. The summed E-state index contributed by atoms with van der Waals surface area (Å²) in [5, 5.41) is 0. The second kappa shape index (κ2) is 5.03. The first kappa shape index (κ1) is 12.6. The van der Waals surface area contributed by atoms with E-state index in [1.807, 2.05) is 6.07 Å². The van der Waals surface area contributed by atoms with Gasteiger partial charge in [0, 0.05) is 12.0 Å². The van der Waals surface area contributed by atoms with Gasteiger partial charge in [0.15, 0.2) is 11.6 Å². The van der Waals surface area contributed by atoms with Crippen LogP contribution in [-0.4, -0.2) is 14.8 Å². The predicted octanol–water partition coefficient (Wildman–Crippen LogP) is 3.33. The van der Waals surface area contributed by atoms with E-state index < -0.39 is 3.23 Å². The summed E-state index contributed by atoms with van der Waals surface area (Å²) in [7, 11) is 0. The minimum atomic E-state index is -1.28. The molecule has 1 rings (SSSR count). The Morgan fingerprint density at radius 2 is 1.73 bits per heavy atom. The average molecular weight is 334 g/mol. The Balaban J connectivity index is 3.00. The minimum absolute atomic E-state index is 0.184. The Bertz CT molecular complexity index is 371. The number of hydrogen-bond acceptors (Lipinski definition) is 2. The third-order valence-electron chi connectivity index (χ3n) is 1.99. The summed E-state index contributed by atoms with van der Waals surface area (Å²) in [6.45, 7) is 1.72. The largest absolute Gasteiger partial charge is 0.297 e. The lowest BCUT2D eigenvalue weighted by atomic mass is 10.0. The summed E-state index contributed by atoms with van der Waals surface area (Å²) in [5.41, 5.74) is 0.507. The zero-order chi connectivity index (χ0) is 11.5. The van der Waals surface area contributed by atoms with E-state index in [1.165, 1.54) is 0 Å². The molecule has 0 aliphatic heterocycles. The molecule has 0 spiro atoms. The van der Waals surface area contributed by atoms with Crippen LogP contribution < -0.4 is 0 Å². The summed E-state index contributed by atoms with van der Waals surface area (Å²) >= 11 is 6.25. The number of carbonyl (C=O) groups excluding carboxylic acids is 2. The molecule has 4 heteroatoms. The lowest BCUT2D eigenvalue weighted by Gasteiger charge is -2.16. The van der Waals surface area contributed by atoms with Gasteiger partial charge in [-0.1, -0.05) is 69.1 Å². The fourth-order valence-corrected chi connectivity index (χ4v) is 2.14. The average Bonchev–Trinajstić information content (AvgIpc) is 2.28. The van der Waals surface area contributed by atoms with Crippen molar-refractivity contribution >= 4 is 43.4 Å². The van der Waals surface area contributed by atoms with Crippen LogP contribution in [0.25, 0.3) is 0 Å². The van der Waals surface area contributed by atoms with Crippen molar-refractivity contribution in [3.8, 4) is 0 Å². The fourth-order valence-electron chi connectivity index (χ4n) is 1.12. The van der Waals surface area contributed by atoms with Gasteiger partial charge in [-0.2, -0.15) is 0 Å². The summed E-state index contributed by atoms with van der Waals surface area (Å²) in [6, 6.07) is 8.72. The number of carbonyl (C=O) groups is 2. The molecule has 0 aliphatic carbocycles. The molecule has 0 heterocycles.